The SMILES string of the molecule is Cc1occc1-c1ccc(CS(=O)(=O)c2ccccc2)cc1. The molecule has 0 amide bonds. The number of hydrogen-bond acceptors (Lipinski definition) is 3. The van der Waals surface area contributed by atoms with E-state index in [-0.39, 0.29) is 5.75 Å². The van der Waals surface area contributed by atoms with Gasteiger partial charge in [0.1, 0.15) is 5.76 Å². The monoisotopic (exact) mass is 312 g/mol. The Bertz CT molecular complexity index is 860. The molecule has 0 fully saturated rings. The number of sulfone groups is 1. The summed E-state index contributed by atoms with van der Waals surface area (Å²) in [6.45, 7) is 1.91. The molecule has 112 valence electrons. The standard InChI is InChI=1S/C18H16O3S/c1-14-18(11-12-21-14)16-9-7-15(8-10-16)13-22(19,20)17-5-3-2-4-6-17/h2-12H,13H2,1H3. The van der Waals surface area contributed by atoms with Gasteiger partial charge in [0.05, 0.1) is 16.9 Å². The second-order valence-corrected chi connectivity index (χ2v) is 7.15. The number of benzene rings is 2. The van der Waals surface area contributed by atoms with Crippen molar-refractivity contribution in [2.45, 2.75) is 17.6 Å². The van der Waals surface area contributed by atoms with Crippen LogP contribution in [0.2, 0.25) is 0 Å². The van der Waals surface area contributed by atoms with Gasteiger partial charge in [-0.1, -0.05) is 42.5 Å². The van der Waals surface area contributed by atoms with Gasteiger partial charge in [0.15, 0.2) is 9.84 Å². The molecule has 0 saturated carbocycles. The summed E-state index contributed by atoms with van der Waals surface area (Å²) in [7, 11) is -3.31. The van der Waals surface area contributed by atoms with E-state index in [1.54, 1.807) is 36.6 Å². The van der Waals surface area contributed by atoms with E-state index in [9.17, 15) is 8.42 Å². The van der Waals surface area contributed by atoms with Gasteiger partial charge in [0.25, 0.3) is 0 Å². The minimum atomic E-state index is -3.31. The zero-order chi connectivity index (χ0) is 15.6. The summed E-state index contributed by atoms with van der Waals surface area (Å²) in [4.78, 5) is 0.352. The van der Waals surface area contributed by atoms with Crippen LogP contribution in [-0.2, 0) is 15.6 Å². The van der Waals surface area contributed by atoms with Gasteiger partial charge in [-0.2, -0.15) is 0 Å². The largest absolute Gasteiger partial charge is 0.469 e. The van der Waals surface area contributed by atoms with Gasteiger partial charge in [-0.15, -0.1) is 0 Å². The average Bonchev–Trinajstić information content (AvgIpc) is 2.95. The molecule has 0 N–H and O–H groups in total. The first-order valence-corrected chi connectivity index (χ1v) is 8.63. The number of furan rings is 1. The molecule has 0 atom stereocenters. The third-order valence-corrected chi connectivity index (χ3v) is 5.29. The molecular formula is C18H16O3S. The maximum absolute atomic E-state index is 12.4. The van der Waals surface area contributed by atoms with Gasteiger partial charge >= 0.3 is 0 Å². The van der Waals surface area contributed by atoms with Crippen molar-refractivity contribution >= 4 is 9.84 Å². The Morgan fingerprint density at radius 1 is 0.909 bits per heavy atom. The molecule has 0 aliphatic heterocycles. The second kappa shape index (κ2) is 5.81. The molecule has 4 heteroatoms. The maximum atomic E-state index is 12.4. The topological polar surface area (TPSA) is 47.3 Å². The third kappa shape index (κ3) is 2.97. The molecule has 22 heavy (non-hydrogen) atoms. The first kappa shape index (κ1) is 14.6. The van der Waals surface area contributed by atoms with Crippen LogP contribution in [0.1, 0.15) is 11.3 Å². The lowest BCUT2D eigenvalue weighted by molar-refractivity contribution is 0.535. The highest BCUT2D eigenvalue weighted by Gasteiger charge is 2.15. The Kier molecular flexibility index (Phi) is 3.86. The van der Waals surface area contributed by atoms with Crippen LogP contribution >= 0.6 is 0 Å². The maximum Gasteiger partial charge on any atom is 0.182 e. The normalized spacial score (nSPS) is 11.5. The summed E-state index contributed by atoms with van der Waals surface area (Å²) in [5.74, 6) is 0.853. The molecule has 1 heterocycles. The average molecular weight is 312 g/mol. The van der Waals surface area contributed by atoms with Crippen molar-refractivity contribution < 1.29 is 12.8 Å². The molecule has 0 aliphatic rings. The minimum Gasteiger partial charge on any atom is -0.469 e. The quantitative estimate of drug-likeness (QED) is 0.724. The van der Waals surface area contributed by atoms with Crippen LogP contribution in [0, 0.1) is 6.92 Å². The lowest BCUT2D eigenvalue weighted by Crippen LogP contribution is -2.04. The molecule has 0 unspecified atom stereocenters. The van der Waals surface area contributed by atoms with Crippen molar-refractivity contribution in [2.75, 3.05) is 0 Å². The Morgan fingerprint density at radius 2 is 1.59 bits per heavy atom. The Labute approximate surface area is 130 Å². The zero-order valence-electron chi connectivity index (χ0n) is 12.2. The van der Waals surface area contributed by atoms with Crippen molar-refractivity contribution in [1.29, 1.82) is 0 Å². The third-order valence-electron chi connectivity index (χ3n) is 3.58. The highest BCUT2D eigenvalue weighted by Crippen LogP contribution is 2.25. The van der Waals surface area contributed by atoms with Crippen LogP contribution in [0.5, 0.6) is 0 Å². The van der Waals surface area contributed by atoms with Crippen molar-refractivity contribution in [1.82, 2.24) is 0 Å². The predicted octanol–water partition coefficient (Wildman–Crippen LogP) is 4.23. The van der Waals surface area contributed by atoms with Crippen molar-refractivity contribution in [2.24, 2.45) is 0 Å². The van der Waals surface area contributed by atoms with E-state index in [1.165, 1.54) is 0 Å². The number of rotatable bonds is 4. The predicted molar refractivity (Wildman–Crippen MR) is 86.2 cm³/mol. The summed E-state index contributed by atoms with van der Waals surface area (Å²) in [6.07, 6.45) is 1.65. The van der Waals surface area contributed by atoms with E-state index in [2.05, 4.69) is 0 Å². The summed E-state index contributed by atoms with van der Waals surface area (Å²) < 4.78 is 30.0. The lowest BCUT2D eigenvalue weighted by Gasteiger charge is -2.06. The van der Waals surface area contributed by atoms with Gasteiger partial charge in [-0.05, 0) is 36.2 Å². The molecular weight excluding hydrogens is 296 g/mol. The molecule has 0 bridgehead atoms. The fourth-order valence-corrected chi connectivity index (χ4v) is 3.77. The van der Waals surface area contributed by atoms with Crippen LogP contribution < -0.4 is 0 Å². The van der Waals surface area contributed by atoms with Gasteiger partial charge < -0.3 is 4.42 Å². The molecule has 0 spiro atoms. The van der Waals surface area contributed by atoms with Crippen molar-refractivity contribution in [3.63, 3.8) is 0 Å². The Morgan fingerprint density at radius 3 is 2.18 bits per heavy atom. The summed E-state index contributed by atoms with van der Waals surface area (Å²) in [5, 5.41) is 0. The molecule has 2 aromatic carbocycles. The first-order chi connectivity index (χ1) is 10.6. The summed E-state index contributed by atoms with van der Waals surface area (Å²) in [6, 6.07) is 18.0. The van der Waals surface area contributed by atoms with Gasteiger partial charge in [-0.25, -0.2) is 8.42 Å². The Balaban J connectivity index is 1.84. The zero-order valence-corrected chi connectivity index (χ0v) is 13.0. The fraction of sp³-hybridized carbons (Fsp3) is 0.111. The van der Waals surface area contributed by atoms with Gasteiger partial charge in [0, 0.05) is 5.56 Å². The van der Waals surface area contributed by atoms with Gasteiger partial charge in [0.2, 0.25) is 0 Å². The first-order valence-electron chi connectivity index (χ1n) is 6.97. The van der Waals surface area contributed by atoms with Gasteiger partial charge in [-0.3, -0.25) is 0 Å². The van der Waals surface area contributed by atoms with E-state index >= 15 is 0 Å². The fourth-order valence-electron chi connectivity index (χ4n) is 2.40. The number of aryl methyl sites for hydroxylation is 1. The van der Waals surface area contributed by atoms with E-state index in [1.807, 2.05) is 37.3 Å². The van der Waals surface area contributed by atoms with Crippen molar-refractivity contribution in [3.8, 4) is 11.1 Å². The molecule has 3 rings (SSSR count). The minimum absolute atomic E-state index is 0.00165. The van der Waals surface area contributed by atoms with Crippen LogP contribution in [0.4, 0.5) is 0 Å². The smallest absolute Gasteiger partial charge is 0.182 e. The van der Waals surface area contributed by atoms with E-state index < -0.39 is 9.84 Å². The van der Waals surface area contributed by atoms with E-state index in [0.29, 0.717) is 4.90 Å². The van der Waals surface area contributed by atoms with E-state index in [4.69, 9.17) is 4.42 Å². The summed E-state index contributed by atoms with van der Waals surface area (Å²) in [5.41, 5.74) is 2.82. The molecule has 0 saturated heterocycles. The highest BCUT2D eigenvalue weighted by atomic mass is 32.2. The van der Waals surface area contributed by atoms with Crippen molar-refractivity contribution in [3.05, 3.63) is 78.3 Å². The molecule has 3 aromatic rings. The highest BCUT2D eigenvalue weighted by molar-refractivity contribution is 7.90. The number of hydrogen-bond donors (Lipinski definition) is 0. The van der Waals surface area contributed by atoms with Crippen LogP contribution in [0.3, 0.4) is 0 Å². The molecule has 0 aliphatic carbocycles. The molecule has 1 aromatic heterocycles. The van der Waals surface area contributed by atoms with Crippen LogP contribution in [-0.4, -0.2) is 8.42 Å². The Hall–Kier alpha value is -2.33. The van der Waals surface area contributed by atoms with Crippen LogP contribution in [0.25, 0.3) is 11.1 Å². The lowest BCUT2D eigenvalue weighted by atomic mass is 10.1. The van der Waals surface area contributed by atoms with E-state index in [0.717, 1.165) is 22.5 Å². The van der Waals surface area contributed by atoms with Crippen LogP contribution in [0.15, 0.2) is 76.2 Å². The molecule has 0 radical (unpaired) electrons. The summed E-state index contributed by atoms with van der Waals surface area (Å²) >= 11 is 0. The second-order valence-electron chi connectivity index (χ2n) is 5.16. The molecule has 3 nitrogen and oxygen atoms in total.